The van der Waals surface area contributed by atoms with Gasteiger partial charge in [-0.25, -0.2) is 14.4 Å². The molecule has 3 heterocycles. The van der Waals surface area contributed by atoms with E-state index in [1.165, 1.54) is 12.4 Å². The summed E-state index contributed by atoms with van der Waals surface area (Å²) in [5.74, 6) is 1.39. The first-order valence-electron chi connectivity index (χ1n) is 13.1. The lowest BCUT2D eigenvalue weighted by atomic mass is 9.89. The number of fused-ring (bicyclic) bond motifs is 1. The van der Waals surface area contributed by atoms with Crippen LogP contribution in [0.1, 0.15) is 37.3 Å². The predicted octanol–water partition coefficient (Wildman–Crippen LogP) is 5.96. The Morgan fingerprint density at radius 3 is 2.85 bits per heavy atom. The number of aryl methyl sites for hydroxylation is 1. The molecule has 0 bridgehead atoms. The van der Waals surface area contributed by atoms with Gasteiger partial charge in [0, 0.05) is 17.1 Å². The molecular weight excluding hydrogens is 533 g/mol. The van der Waals surface area contributed by atoms with Crippen molar-refractivity contribution in [3.05, 3.63) is 77.5 Å². The monoisotopic (exact) mass is 559 g/mol. The molecule has 1 aliphatic carbocycles. The highest BCUT2D eigenvalue weighted by Gasteiger charge is 2.31. The zero-order chi connectivity index (χ0) is 27.6. The van der Waals surface area contributed by atoms with Gasteiger partial charge in [-0.15, -0.1) is 0 Å². The summed E-state index contributed by atoms with van der Waals surface area (Å²) in [5.41, 5.74) is 3.39. The van der Waals surface area contributed by atoms with E-state index in [0.717, 1.165) is 36.8 Å². The van der Waals surface area contributed by atoms with Gasteiger partial charge in [-0.3, -0.25) is 14.9 Å². The SMILES string of the molecule is Cc1cc(Cl)ccc1OCN(C=O)C1CCCC(n2c(-c3ccccc3F)nc3cnc(-c4ncn[nH]4)cc32)C1. The van der Waals surface area contributed by atoms with Gasteiger partial charge in [0.2, 0.25) is 6.41 Å². The number of amides is 1. The minimum absolute atomic E-state index is 0.0388. The predicted molar refractivity (Wildman–Crippen MR) is 149 cm³/mol. The molecule has 1 amide bonds. The van der Waals surface area contributed by atoms with Crippen molar-refractivity contribution in [1.29, 1.82) is 0 Å². The van der Waals surface area contributed by atoms with Gasteiger partial charge in [-0.05, 0) is 74.6 Å². The van der Waals surface area contributed by atoms with E-state index >= 15 is 4.39 Å². The van der Waals surface area contributed by atoms with Crippen molar-refractivity contribution in [2.24, 2.45) is 0 Å². The fraction of sp³-hybridized carbons (Fsp3) is 0.276. The first-order chi connectivity index (χ1) is 19.5. The van der Waals surface area contributed by atoms with Gasteiger partial charge in [0.25, 0.3) is 0 Å². The van der Waals surface area contributed by atoms with Crippen LogP contribution in [0.3, 0.4) is 0 Å². The van der Waals surface area contributed by atoms with E-state index in [1.54, 1.807) is 35.4 Å². The molecule has 3 aromatic heterocycles. The van der Waals surface area contributed by atoms with Gasteiger partial charge in [0.1, 0.15) is 34.9 Å². The number of hydrogen-bond donors (Lipinski definition) is 1. The van der Waals surface area contributed by atoms with Gasteiger partial charge < -0.3 is 14.2 Å². The first kappa shape index (κ1) is 25.9. The highest BCUT2D eigenvalue weighted by Crippen LogP contribution is 2.38. The molecule has 11 heteroatoms. The van der Waals surface area contributed by atoms with Gasteiger partial charge in [0.05, 0.1) is 17.3 Å². The van der Waals surface area contributed by atoms with Gasteiger partial charge in [-0.2, -0.15) is 5.10 Å². The molecule has 2 unspecified atom stereocenters. The lowest BCUT2D eigenvalue weighted by Gasteiger charge is -2.36. The molecule has 1 saturated carbocycles. The van der Waals surface area contributed by atoms with Crippen molar-refractivity contribution in [2.45, 2.75) is 44.7 Å². The summed E-state index contributed by atoms with van der Waals surface area (Å²) in [6, 6.07) is 13.8. The lowest BCUT2D eigenvalue weighted by molar-refractivity contribution is -0.124. The van der Waals surface area contributed by atoms with Crippen LogP contribution in [0, 0.1) is 12.7 Å². The number of carbonyl (C=O) groups excluding carboxylic acids is 1. The van der Waals surface area contributed by atoms with Crippen molar-refractivity contribution in [3.8, 4) is 28.7 Å². The van der Waals surface area contributed by atoms with E-state index in [1.807, 2.05) is 25.1 Å². The molecule has 6 rings (SSSR count). The first-order valence-corrected chi connectivity index (χ1v) is 13.5. The van der Waals surface area contributed by atoms with Crippen molar-refractivity contribution in [2.75, 3.05) is 6.73 Å². The Morgan fingerprint density at radius 2 is 2.08 bits per heavy atom. The molecule has 0 saturated heterocycles. The number of hydrogen-bond acceptors (Lipinski definition) is 6. The average Bonchev–Trinajstić information content (AvgIpc) is 3.63. The number of carbonyl (C=O) groups is 1. The number of nitrogens with one attached hydrogen (secondary N) is 1. The standard InChI is InChI=1S/C29H27ClFN7O2/c1-18-11-19(30)9-10-27(18)40-17-37(16-39)20-5-4-6-21(12-20)38-26-13-24(28-33-15-34-36-28)32-14-25(26)35-29(38)22-7-2-3-8-23(22)31/h2-3,7-11,13-16,20-21H,4-6,12,17H2,1H3,(H,33,34,36). The van der Waals surface area contributed by atoms with Crippen LogP contribution in [-0.4, -0.2) is 53.8 Å². The molecule has 40 heavy (non-hydrogen) atoms. The second kappa shape index (κ2) is 11.1. The maximum Gasteiger partial charge on any atom is 0.212 e. The van der Waals surface area contributed by atoms with Crippen molar-refractivity contribution in [3.63, 3.8) is 0 Å². The molecule has 2 atom stereocenters. The fourth-order valence-electron chi connectivity index (χ4n) is 5.47. The largest absolute Gasteiger partial charge is 0.473 e. The molecule has 0 spiro atoms. The van der Waals surface area contributed by atoms with E-state index in [9.17, 15) is 4.79 Å². The van der Waals surface area contributed by atoms with Crippen molar-refractivity contribution >= 4 is 29.0 Å². The number of rotatable bonds is 8. The molecule has 1 aliphatic rings. The van der Waals surface area contributed by atoms with Crippen LogP contribution in [0.15, 0.2) is 61.1 Å². The molecule has 0 aliphatic heterocycles. The van der Waals surface area contributed by atoms with Gasteiger partial charge >= 0.3 is 0 Å². The maximum absolute atomic E-state index is 15.1. The number of aromatic nitrogens is 6. The van der Waals surface area contributed by atoms with Crippen LogP contribution in [0.4, 0.5) is 4.39 Å². The molecule has 1 fully saturated rings. The summed E-state index contributed by atoms with van der Waals surface area (Å²) < 4.78 is 23.2. The third-order valence-corrected chi connectivity index (χ3v) is 7.68. The Morgan fingerprint density at radius 1 is 1.20 bits per heavy atom. The van der Waals surface area contributed by atoms with E-state index in [0.29, 0.717) is 45.6 Å². The number of pyridine rings is 1. The third kappa shape index (κ3) is 5.02. The van der Waals surface area contributed by atoms with Crippen LogP contribution >= 0.6 is 11.6 Å². The second-order valence-electron chi connectivity index (χ2n) is 9.95. The van der Waals surface area contributed by atoms with E-state index in [-0.39, 0.29) is 24.6 Å². The second-order valence-corrected chi connectivity index (χ2v) is 10.4. The van der Waals surface area contributed by atoms with E-state index in [2.05, 4.69) is 24.7 Å². The van der Waals surface area contributed by atoms with Crippen LogP contribution in [0.2, 0.25) is 5.02 Å². The minimum atomic E-state index is -0.351. The minimum Gasteiger partial charge on any atom is -0.473 e. The number of aromatic amines is 1. The molecule has 9 nitrogen and oxygen atoms in total. The summed E-state index contributed by atoms with van der Waals surface area (Å²) in [6.07, 6.45) is 7.18. The smallest absolute Gasteiger partial charge is 0.212 e. The molecular formula is C29H27ClFN7O2. The Balaban J connectivity index is 1.35. The maximum atomic E-state index is 15.1. The summed E-state index contributed by atoms with van der Waals surface area (Å²) >= 11 is 6.08. The zero-order valence-corrected chi connectivity index (χ0v) is 22.6. The van der Waals surface area contributed by atoms with Crippen LogP contribution in [0.25, 0.3) is 33.9 Å². The summed E-state index contributed by atoms with van der Waals surface area (Å²) in [7, 11) is 0. The van der Waals surface area contributed by atoms with Crippen LogP contribution in [0.5, 0.6) is 5.75 Å². The Labute approximate surface area is 235 Å². The van der Waals surface area contributed by atoms with Gasteiger partial charge in [0.15, 0.2) is 12.6 Å². The Bertz CT molecular complexity index is 1660. The highest BCUT2D eigenvalue weighted by atomic mass is 35.5. The molecule has 2 aromatic carbocycles. The normalized spacial score (nSPS) is 17.2. The number of imidazole rings is 1. The Hall–Kier alpha value is -4.31. The topological polar surface area (TPSA) is 102 Å². The highest BCUT2D eigenvalue weighted by molar-refractivity contribution is 6.30. The number of H-pyrrole nitrogens is 1. The van der Waals surface area contributed by atoms with Crippen molar-refractivity contribution < 1.29 is 13.9 Å². The summed E-state index contributed by atoms with van der Waals surface area (Å²) in [6.45, 7) is 2.03. The number of benzene rings is 2. The number of ether oxygens (including phenoxy) is 1. The summed E-state index contributed by atoms with van der Waals surface area (Å²) in [5, 5.41) is 7.42. The number of nitrogens with zero attached hydrogens (tertiary/aromatic N) is 6. The lowest BCUT2D eigenvalue weighted by Crippen LogP contribution is -2.40. The molecule has 1 N–H and O–H groups in total. The summed E-state index contributed by atoms with van der Waals surface area (Å²) in [4.78, 5) is 27.5. The Kier molecular flexibility index (Phi) is 7.17. The number of halogens is 2. The van der Waals surface area contributed by atoms with Crippen LogP contribution in [-0.2, 0) is 4.79 Å². The average molecular weight is 560 g/mol. The van der Waals surface area contributed by atoms with E-state index in [4.69, 9.17) is 21.3 Å². The van der Waals surface area contributed by atoms with Crippen molar-refractivity contribution in [1.82, 2.24) is 34.6 Å². The quantitative estimate of drug-likeness (QED) is 0.186. The fourth-order valence-corrected chi connectivity index (χ4v) is 5.70. The molecule has 5 aromatic rings. The molecule has 0 radical (unpaired) electrons. The third-order valence-electron chi connectivity index (χ3n) is 7.44. The zero-order valence-electron chi connectivity index (χ0n) is 21.8. The van der Waals surface area contributed by atoms with E-state index < -0.39 is 0 Å². The van der Waals surface area contributed by atoms with Crippen LogP contribution < -0.4 is 4.74 Å². The van der Waals surface area contributed by atoms with Gasteiger partial charge in [-0.1, -0.05) is 23.7 Å². The molecule has 204 valence electrons.